The summed E-state index contributed by atoms with van der Waals surface area (Å²) in [6, 6.07) is 8.03. The van der Waals surface area contributed by atoms with Gasteiger partial charge in [-0.2, -0.15) is 0 Å². The third kappa shape index (κ3) is 5.93. The number of guanidine groups is 1. The first kappa shape index (κ1) is 24.8. The van der Waals surface area contributed by atoms with Crippen LogP contribution in [0.1, 0.15) is 5.56 Å². The first-order valence-electron chi connectivity index (χ1n) is 10.8. The Morgan fingerprint density at radius 1 is 0.969 bits per heavy atom. The molecule has 32 heavy (non-hydrogen) atoms. The second-order valence-corrected chi connectivity index (χ2v) is 8.36. The third-order valence-corrected chi connectivity index (χ3v) is 6.34. The van der Waals surface area contributed by atoms with Crippen LogP contribution in [0, 0.1) is 0 Å². The highest BCUT2D eigenvalue weighted by molar-refractivity contribution is 14.0. The van der Waals surface area contributed by atoms with Crippen molar-refractivity contribution in [2.24, 2.45) is 4.99 Å². The van der Waals surface area contributed by atoms with Crippen LogP contribution in [0.15, 0.2) is 41.7 Å². The molecule has 2 aromatic rings. The van der Waals surface area contributed by atoms with Crippen molar-refractivity contribution in [1.29, 1.82) is 0 Å². The number of nitrogens with one attached hydrogen (secondary N) is 1. The Labute approximate surface area is 212 Å². The SMILES string of the molecule is CN=C(NCc1c(Cl)cccc1N1CCN(C)CC1)N1CCN(c2ncccn2)CC1.I. The number of benzene rings is 1. The van der Waals surface area contributed by atoms with E-state index in [4.69, 9.17) is 11.6 Å². The lowest BCUT2D eigenvalue weighted by Crippen LogP contribution is -2.52. The Balaban J connectivity index is 0.00000289. The molecule has 0 radical (unpaired) electrons. The topological polar surface area (TPSA) is 63.1 Å². The van der Waals surface area contributed by atoms with Gasteiger partial charge in [-0.25, -0.2) is 9.97 Å². The summed E-state index contributed by atoms with van der Waals surface area (Å²) in [5.41, 5.74) is 2.35. The quantitative estimate of drug-likeness (QED) is 0.344. The van der Waals surface area contributed by atoms with Crippen molar-refractivity contribution in [2.75, 3.05) is 76.3 Å². The minimum Gasteiger partial charge on any atom is -0.369 e. The van der Waals surface area contributed by atoms with Gasteiger partial charge in [0.25, 0.3) is 0 Å². The number of piperazine rings is 2. The number of likely N-dealkylation sites (N-methyl/N-ethyl adjacent to an activating group) is 1. The lowest BCUT2D eigenvalue weighted by atomic mass is 10.1. The van der Waals surface area contributed by atoms with Crippen molar-refractivity contribution in [1.82, 2.24) is 25.1 Å². The van der Waals surface area contributed by atoms with E-state index in [1.54, 1.807) is 12.4 Å². The van der Waals surface area contributed by atoms with E-state index in [2.05, 4.69) is 53.0 Å². The van der Waals surface area contributed by atoms with Crippen molar-refractivity contribution in [3.05, 3.63) is 47.2 Å². The molecule has 8 nitrogen and oxygen atoms in total. The average molecular weight is 571 g/mol. The van der Waals surface area contributed by atoms with Crippen LogP contribution >= 0.6 is 35.6 Å². The second kappa shape index (κ2) is 11.9. The molecule has 0 unspecified atom stereocenters. The van der Waals surface area contributed by atoms with Gasteiger partial charge >= 0.3 is 0 Å². The molecule has 0 spiro atoms. The number of hydrogen-bond acceptors (Lipinski definition) is 6. The van der Waals surface area contributed by atoms with E-state index in [-0.39, 0.29) is 24.0 Å². The zero-order valence-corrected chi connectivity index (χ0v) is 21.8. The molecule has 1 aromatic carbocycles. The standard InChI is InChI=1S/C22H31ClN8.HI/c1-24-21(30-13-15-31(16-14-30)22-25-7-4-8-26-22)27-17-18-19(23)5-3-6-20(18)29-11-9-28(2)10-12-29;/h3-8H,9-17H2,1-2H3,(H,24,27);1H. The second-order valence-electron chi connectivity index (χ2n) is 7.95. The minimum absolute atomic E-state index is 0. The maximum atomic E-state index is 6.63. The van der Waals surface area contributed by atoms with E-state index in [0.29, 0.717) is 6.54 Å². The van der Waals surface area contributed by atoms with E-state index in [1.165, 1.54) is 5.69 Å². The number of rotatable bonds is 4. The summed E-state index contributed by atoms with van der Waals surface area (Å²) in [5.74, 6) is 1.69. The summed E-state index contributed by atoms with van der Waals surface area (Å²) < 4.78 is 0. The average Bonchev–Trinajstić information content (AvgIpc) is 2.82. The molecule has 174 valence electrons. The molecule has 0 atom stereocenters. The number of anilines is 2. The first-order chi connectivity index (χ1) is 15.2. The predicted octanol–water partition coefficient (Wildman–Crippen LogP) is 2.40. The normalized spacial score (nSPS) is 17.8. The van der Waals surface area contributed by atoms with Crippen LogP contribution in [0.5, 0.6) is 0 Å². The van der Waals surface area contributed by atoms with Gasteiger partial charge in [0.1, 0.15) is 0 Å². The fraction of sp³-hybridized carbons (Fsp3) is 0.500. The molecule has 1 aromatic heterocycles. The van der Waals surface area contributed by atoms with E-state index in [1.807, 2.05) is 25.2 Å². The van der Waals surface area contributed by atoms with Gasteiger partial charge in [0.2, 0.25) is 5.95 Å². The summed E-state index contributed by atoms with van der Waals surface area (Å²) in [6.45, 7) is 8.28. The highest BCUT2D eigenvalue weighted by atomic mass is 127. The number of nitrogens with zero attached hydrogens (tertiary/aromatic N) is 7. The van der Waals surface area contributed by atoms with E-state index in [0.717, 1.165) is 74.9 Å². The number of aromatic nitrogens is 2. The predicted molar refractivity (Wildman–Crippen MR) is 143 cm³/mol. The molecule has 2 saturated heterocycles. The van der Waals surface area contributed by atoms with Gasteiger partial charge < -0.3 is 24.9 Å². The van der Waals surface area contributed by atoms with E-state index >= 15 is 0 Å². The molecule has 2 fully saturated rings. The molecule has 3 heterocycles. The lowest BCUT2D eigenvalue weighted by molar-refractivity contribution is 0.312. The summed E-state index contributed by atoms with van der Waals surface area (Å²) in [6.07, 6.45) is 3.58. The molecule has 2 aliphatic heterocycles. The summed E-state index contributed by atoms with van der Waals surface area (Å²) in [5, 5.41) is 4.34. The summed E-state index contributed by atoms with van der Waals surface area (Å²) in [7, 11) is 4.01. The monoisotopic (exact) mass is 570 g/mol. The Morgan fingerprint density at radius 3 is 2.28 bits per heavy atom. The smallest absolute Gasteiger partial charge is 0.225 e. The molecular formula is C22H32ClIN8. The van der Waals surface area contributed by atoms with Gasteiger partial charge in [0.15, 0.2) is 5.96 Å². The fourth-order valence-electron chi connectivity index (χ4n) is 4.14. The van der Waals surface area contributed by atoms with Gasteiger partial charge in [-0.15, -0.1) is 24.0 Å². The van der Waals surface area contributed by atoms with Crippen LogP contribution in [0.2, 0.25) is 5.02 Å². The van der Waals surface area contributed by atoms with Gasteiger partial charge in [0.05, 0.1) is 0 Å². The van der Waals surface area contributed by atoms with Gasteiger partial charge in [-0.3, -0.25) is 4.99 Å². The fourth-order valence-corrected chi connectivity index (χ4v) is 4.37. The maximum absolute atomic E-state index is 6.63. The molecule has 0 bridgehead atoms. The first-order valence-corrected chi connectivity index (χ1v) is 11.2. The number of aliphatic imine (C=N–C) groups is 1. The van der Waals surface area contributed by atoms with E-state index < -0.39 is 0 Å². The van der Waals surface area contributed by atoms with Crippen LogP contribution in [0.25, 0.3) is 0 Å². The number of hydrogen-bond donors (Lipinski definition) is 1. The molecule has 2 aliphatic rings. The Bertz CT molecular complexity index is 881. The van der Waals surface area contributed by atoms with Crippen molar-refractivity contribution in [3.63, 3.8) is 0 Å². The molecular weight excluding hydrogens is 539 g/mol. The van der Waals surface area contributed by atoms with Crippen LogP contribution in [-0.4, -0.2) is 92.2 Å². The van der Waals surface area contributed by atoms with Crippen LogP contribution in [0.4, 0.5) is 11.6 Å². The van der Waals surface area contributed by atoms with Gasteiger partial charge in [-0.05, 0) is 25.2 Å². The molecule has 0 aliphatic carbocycles. The zero-order chi connectivity index (χ0) is 21.6. The molecule has 0 amide bonds. The maximum Gasteiger partial charge on any atom is 0.225 e. The largest absolute Gasteiger partial charge is 0.369 e. The molecule has 4 rings (SSSR count). The summed E-state index contributed by atoms with van der Waals surface area (Å²) >= 11 is 6.63. The molecule has 0 saturated carbocycles. The highest BCUT2D eigenvalue weighted by Crippen LogP contribution is 2.28. The Kier molecular flexibility index (Phi) is 9.18. The van der Waals surface area contributed by atoms with Gasteiger partial charge in [-0.1, -0.05) is 17.7 Å². The lowest BCUT2D eigenvalue weighted by Gasteiger charge is -2.37. The Hall–Kier alpha value is -1.85. The number of halogens is 2. The van der Waals surface area contributed by atoms with Crippen LogP contribution < -0.4 is 15.1 Å². The van der Waals surface area contributed by atoms with Crippen molar-refractivity contribution in [2.45, 2.75) is 6.54 Å². The zero-order valence-electron chi connectivity index (χ0n) is 18.7. The summed E-state index contributed by atoms with van der Waals surface area (Å²) in [4.78, 5) is 22.5. The minimum atomic E-state index is 0. The Morgan fingerprint density at radius 2 is 1.62 bits per heavy atom. The van der Waals surface area contributed by atoms with Crippen molar-refractivity contribution < 1.29 is 0 Å². The highest BCUT2D eigenvalue weighted by Gasteiger charge is 2.22. The van der Waals surface area contributed by atoms with E-state index in [9.17, 15) is 0 Å². The van der Waals surface area contributed by atoms with Crippen LogP contribution in [-0.2, 0) is 6.54 Å². The van der Waals surface area contributed by atoms with Crippen molar-refractivity contribution in [3.8, 4) is 0 Å². The van der Waals surface area contributed by atoms with Crippen LogP contribution in [0.3, 0.4) is 0 Å². The van der Waals surface area contributed by atoms with Gasteiger partial charge in [0, 0.05) is 94.6 Å². The van der Waals surface area contributed by atoms with Crippen molar-refractivity contribution >= 4 is 53.2 Å². The molecule has 10 heteroatoms. The third-order valence-electron chi connectivity index (χ3n) is 5.99. The molecule has 1 N–H and O–H groups in total.